The standard InChI is InChI=1S/C17H15NOS2/c1-19-13-9-7-12(8-10-13)16(20-2)11-17-18-14-5-3-4-6-15(14)21-17/h3-11H,1-2H3/b16-11+. The van der Waals surface area contributed by atoms with Crippen LogP contribution < -0.4 is 4.74 Å². The van der Waals surface area contributed by atoms with Crippen molar-refractivity contribution in [1.82, 2.24) is 4.98 Å². The van der Waals surface area contributed by atoms with Gasteiger partial charge in [-0.25, -0.2) is 4.98 Å². The molecule has 0 aliphatic heterocycles. The van der Waals surface area contributed by atoms with E-state index < -0.39 is 0 Å². The maximum absolute atomic E-state index is 5.20. The van der Waals surface area contributed by atoms with Crippen molar-refractivity contribution in [2.24, 2.45) is 0 Å². The second kappa shape index (κ2) is 6.33. The van der Waals surface area contributed by atoms with Gasteiger partial charge in [-0.05, 0) is 42.2 Å². The summed E-state index contributed by atoms with van der Waals surface area (Å²) in [5, 5.41) is 1.04. The summed E-state index contributed by atoms with van der Waals surface area (Å²) in [7, 11) is 1.68. The van der Waals surface area contributed by atoms with Gasteiger partial charge in [-0.15, -0.1) is 23.1 Å². The van der Waals surface area contributed by atoms with Crippen molar-refractivity contribution in [1.29, 1.82) is 0 Å². The minimum Gasteiger partial charge on any atom is -0.497 e. The number of rotatable bonds is 4. The maximum Gasteiger partial charge on any atom is 0.118 e. The molecule has 0 atom stereocenters. The topological polar surface area (TPSA) is 22.1 Å². The van der Waals surface area contributed by atoms with Crippen LogP contribution >= 0.6 is 23.1 Å². The van der Waals surface area contributed by atoms with Crippen LogP contribution in [0.15, 0.2) is 48.5 Å². The first-order chi connectivity index (χ1) is 10.3. The second-order valence-corrected chi connectivity index (χ2v) is 6.37. The van der Waals surface area contributed by atoms with Gasteiger partial charge in [-0.1, -0.05) is 24.3 Å². The molecule has 3 aromatic rings. The molecule has 3 rings (SSSR count). The number of ether oxygens (including phenoxy) is 1. The smallest absolute Gasteiger partial charge is 0.118 e. The molecule has 0 amide bonds. The summed E-state index contributed by atoms with van der Waals surface area (Å²) in [6.07, 6.45) is 4.24. The van der Waals surface area contributed by atoms with Crippen molar-refractivity contribution >= 4 is 44.3 Å². The zero-order valence-corrected chi connectivity index (χ0v) is 13.5. The molecule has 0 aliphatic carbocycles. The largest absolute Gasteiger partial charge is 0.497 e. The fourth-order valence-electron chi connectivity index (χ4n) is 2.08. The van der Waals surface area contributed by atoms with Crippen LogP contribution in [0, 0.1) is 0 Å². The molecule has 0 unspecified atom stereocenters. The molecule has 0 fully saturated rings. The van der Waals surface area contributed by atoms with Crippen molar-refractivity contribution in [3.05, 3.63) is 59.1 Å². The third-order valence-electron chi connectivity index (χ3n) is 3.16. The van der Waals surface area contributed by atoms with Gasteiger partial charge >= 0.3 is 0 Å². The molecule has 1 heterocycles. The van der Waals surface area contributed by atoms with E-state index in [-0.39, 0.29) is 0 Å². The normalized spacial score (nSPS) is 11.8. The van der Waals surface area contributed by atoms with Crippen molar-refractivity contribution in [2.75, 3.05) is 13.4 Å². The van der Waals surface area contributed by atoms with E-state index in [2.05, 4.69) is 41.6 Å². The Morgan fingerprint density at radius 2 is 1.90 bits per heavy atom. The first-order valence-electron chi connectivity index (χ1n) is 6.56. The van der Waals surface area contributed by atoms with Crippen LogP contribution in [0.25, 0.3) is 21.2 Å². The summed E-state index contributed by atoms with van der Waals surface area (Å²) < 4.78 is 6.43. The van der Waals surface area contributed by atoms with Crippen molar-refractivity contribution < 1.29 is 4.74 Å². The first-order valence-corrected chi connectivity index (χ1v) is 8.60. The Morgan fingerprint density at radius 3 is 2.57 bits per heavy atom. The Balaban J connectivity index is 1.97. The number of thioether (sulfide) groups is 1. The van der Waals surface area contributed by atoms with Crippen molar-refractivity contribution in [3.63, 3.8) is 0 Å². The number of thiazole rings is 1. The van der Waals surface area contributed by atoms with E-state index in [0.29, 0.717) is 0 Å². The molecule has 106 valence electrons. The van der Waals surface area contributed by atoms with E-state index in [9.17, 15) is 0 Å². The predicted octanol–water partition coefficient (Wildman–Crippen LogP) is 5.17. The highest BCUT2D eigenvalue weighted by Gasteiger charge is 2.05. The van der Waals surface area contributed by atoms with Crippen LogP contribution in [0.5, 0.6) is 5.75 Å². The number of methoxy groups -OCH3 is 1. The molecular formula is C17H15NOS2. The Kier molecular flexibility index (Phi) is 4.27. The third-order valence-corrected chi connectivity index (χ3v) is 4.94. The first kappa shape index (κ1) is 14.2. The summed E-state index contributed by atoms with van der Waals surface area (Å²) in [5.41, 5.74) is 2.24. The van der Waals surface area contributed by atoms with E-state index >= 15 is 0 Å². The lowest BCUT2D eigenvalue weighted by atomic mass is 10.2. The average Bonchev–Trinajstić information content (AvgIpc) is 2.95. The molecule has 1 aromatic heterocycles. The summed E-state index contributed by atoms with van der Waals surface area (Å²) in [5.74, 6) is 0.874. The zero-order valence-electron chi connectivity index (χ0n) is 11.9. The maximum atomic E-state index is 5.20. The molecule has 0 aliphatic rings. The quantitative estimate of drug-likeness (QED) is 0.663. The van der Waals surface area contributed by atoms with Gasteiger partial charge in [-0.3, -0.25) is 0 Å². The van der Waals surface area contributed by atoms with Gasteiger partial charge < -0.3 is 4.74 Å². The Morgan fingerprint density at radius 1 is 1.14 bits per heavy atom. The minimum absolute atomic E-state index is 0.874. The average molecular weight is 313 g/mol. The minimum atomic E-state index is 0.874. The lowest BCUT2D eigenvalue weighted by Crippen LogP contribution is -1.84. The predicted molar refractivity (Wildman–Crippen MR) is 94.0 cm³/mol. The van der Waals surface area contributed by atoms with Gasteiger partial charge in [0.15, 0.2) is 0 Å². The number of hydrogen-bond donors (Lipinski definition) is 0. The van der Waals surface area contributed by atoms with Gasteiger partial charge in [0, 0.05) is 4.91 Å². The monoisotopic (exact) mass is 313 g/mol. The lowest BCUT2D eigenvalue weighted by molar-refractivity contribution is 0.415. The fraction of sp³-hybridized carbons (Fsp3) is 0.118. The summed E-state index contributed by atoms with van der Waals surface area (Å²) in [4.78, 5) is 5.87. The number of fused-ring (bicyclic) bond motifs is 1. The molecule has 0 radical (unpaired) electrons. The Labute approximate surface area is 132 Å². The SMILES string of the molecule is COc1ccc(/C(=C\c2nc3ccccc3s2)SC)cc1. The summed E-state index contributed by atoms with van der Waals surface area (Å²) in [6.45, 7) is 0. The molecule has 2 nitrogen and oxygen atoms in total. The zero-order chi connectivity index (χ0) is 14.7. The van der Waals surface area contributed by atoms with E-state index in [4.69, 9.17) is 4.74 Å². The van der Waals surface area contributed by atoms with Gasteiger partial charge in [0.2, 0.25) is 0 Å². The van der Waals surface area contributed by atoms with Crippen LogP contribution in [-0.4, -0.2) is 18.3 Å². The van der Waals surface area contributed by atoms with Gasteiger partial charge in [0.1, 0.15) is 10.8 Å². The van der Waals surface area contributed by atoms with Gasteiger partial charge in [-0.2, -0.15) is 0 Å². The summed E-state index contributed by atoms with van der Waals surface area (Å²) in [6, 6.07) is 16.4. The summed E-state index contributed by atoms with van der Waals surface area (Å²) >= 11 is 3.45. The van der Waals surface area contributed by atoms with Crippen LogP contribution in [0.1, 0.15) is 10.6 Å². The highest BCUT2D eigenvalue weighted by molar-refractivity contribution is 8.07. The van der Waals surface area contributed by atoms with Crippen molar-refractivity contribution in [3.8, 4) is 5.75 Å². The molecule has 0 bridgehead atoms. The molecule has 0 saturated heterocycles. The van der Waals surface area contributed by atoms with E-state index in [0.717, 1.165) is 16.3 Å². The van der Waals surface area contributed by atoms with Gasteiger partial charge in [0.05, 0.1) is 17.3 Å². The van der Waals surface area contributed by atoms with Crippen LogP contribution in [0.2, 0.25) is 0 Å². The molecule has 0 saturated carbocycles. The van der Waals surface area contributed by atoms with E-state index in [1.165, 1.54) is 15.2 Å². The van der Waals surface area contributed by atoms with Crippen molar-refractivity contribution in [2.45, 2.75) is 0 Å². The Bertz CT molecular complexity index is 742. The number of para-hydroxylation sites is 1. The van der Waals surface area contributed by atoms with E-state index in [1.54, 1.807) is 30.2 Å². The van der Waals surface area contributed by atoms with Crippen LogP contribution in [0.4, 0.5) is 0 Å². The number of aromatic nitrogens is 1. The molecule has 0 spiro atoms. The number of benzene rings is 2. The lowest BCUT2D eigenvalue weighted by Gasteiger charge is -2.05. The highest BCUT2D eigenvalue weighted by Crippen LogP contribution is 2.31. The highest BCUT2D eigenvalue weighted by atomic mass is 32.2. The number of hydrogen-bond acceptors (Lipinski definition) is 4. The second-order valence-electron chi connectivity index (χ2n) is 4.46. The third kappa shape index (κ3) is 3.12. The molecular weight excluding hydrogens is 298 g/mol. The van der Waals surface area contributed by atoms with Crippen LogP contribution in [-0.2, 0) is 0 Å². The molecule has 4 heteroatoms. The fourth-order valence-corrected chi connectivity index (χ4v) is 3.67. The van der Waals surface area contributed by atoms with E-state index in [1.807, 2.05) is 24.3 Å². The molecule has 2 aromatic carbocycles. The Hall–Kier alpha value is -1.78. The van der Waals surface area contributed by atoms with Crippen LogP contribution in [0.3, 0.4) is 0 Å². The molecule has 0 N–H and O–H groups in total. The molecule has 21 heavy (non-hydrogen) atoms. The van der Waals surface area contributed by atoms with Gasteiger partial charge in [0.25, 0.3) is 0 Å². The number of nitrogens with zero attached hydrogens (tertiary/aromatic N) is 1.